The van der Waals surface area contributed by atoms with E-state index >= 15 is 0 Å². The van der Waals surface area contributed by atoms with Gasteiger partial charge in [0.1, 0.15) is 0 Å². The second-order valence-corrected chi connectivity index (χ2v) is 6.70. The van der Waals surface area contributed by atoms with Crippen molar-refractivity contribution in [2.24, 2.45) is 5.92 Å². The number of rotatable bonds is 4. The molecule has 3 amide bonds. The van der Waals surface area contributed by atoms with Gasteiger partial charge in [-0.2, -0.15) is 0 Å². The number of aryl methyl sites for hydroxylation is 1. The first-order chi connectivity index (χ1) is 12.6. The van der Waals surface area contributed by atoms with Crippen LogP contribution in [-0.2, 0) is 11.3 Å². The molecule has 1 heterocycles. The minimum absolute atomic E-state index is 0.0280. The first-order valence-corrected chi connectivity index (χ1v) is 9.06. The molecular formula is C21H25N3O2. The quantitative estimate of drug-likeness (QED) is 0.885. The van der Waals surface area contributed by atoms with E-state index in [0.29, 0.717) is 32.5 Å². The second-order valence-electron chi connectivity index (χ2n) is 6.70. The van der Waals surface area contributed by atoms with Gasteiger partial charge in [0.2, 0.25) is 5.91 Å². The fourth-order valence-corrected chi connectivity index (χ4v) is 3.20. The summed E-state index contributed by atoms with van der Waals surface area (Å²) in [4.78, 5) is 26.5. The molecule has 0 aromatic heterocycles. The summed E-state index contributed by atoms with van der Waals surface area (Å²) >= 11 is 0. The van der Waals surface area contributed by atoms with Crippen LogP contribution >= 0.6 is 0 Å². The lowest BCUT2D eigenvalue weighted by Gasteiger charge is -2.31. The lowest BCUT2D eigenvalue weighted by atomic mass is 9.96. The Labute approximate surface area is 154 Å². The summed E-state index contributed by atoms with van der Waals surface area (Å²) in [6, 6.07) is 17.4. The van der Waals surface area contributed by atoms with Gasteiger partial charge in [0.25, 0.3) is 0 Å². The molecule has 0 radical (unpaired) electrons. The topological polar surface area (TPSA) is 61.4 Å². The van der Waals surface area contributed by atoms with Crippen LogP contribution in [0.4, 0.5) is 10.5 Å². The van der Waals surface area contributed by atoms with Crippen LogP contribution in [0, 0.1) is 12.8 Å². The number of benzene rings is 2. The van der Waals surface area contributed by atoms with Crippen molar-refractivity contribution in [2.45, 2.75) is 26.3 Å². The first-order valence-electron chi connectivity index (χ1n) is 9.06. The molecule has 2 aromatic rings. The molecule has 26 heavy (non-hydrogen) atoms. The van der Waals surface area contributed by atoms with Crippen LogP contribution in [0.25, 0.3) is 0 Å². The van der Waals surface area contributed by atoms with E-state index in [2.05, 4.69) is 10.6 Å². The maximum atomic E-state index is 12.4. The standard InChI is InChI=1S/C21H25N3O2/c1-16-7-5-6-8-18(16)15-22-20(25)17-11-13-24(14-12-17)21(26)23-19-9-3-2-4-10-19/h2-10,17H,11-15H2,1H3,(H,22,25)(H,23,26). The Morgan fingerprint density at radius 2 is 1.65 bits per heavy atom. The van der Waals surface area contributed by atoms with Gasteiger partial charge >= 0.3 is 6.03 Å². The van der Waals surface area contributed by atoms with Crippen molar-refractivity contribution in [1.29, 1.82) is 0 Å². The van der Waals surface area contributed by atoms with Gasteiger partial charge in [-0.05, 0) is 43.0 Å². The zero-order chi connectivity index (χ0) is 18.4. The summed E-state index contributed by atoms with van der Waals surface area (Å²) in [7, 11) is 0. The smallest absolute Gasteiger partial charge is 0.321 e. The molecule has 0 unspecified atom stereocenters. The van der Waals surface area contributed by atoms with E-state index in [0.717, 1.165) is 11.3 Å². The fourth-order valence-electron chi connectivity index (χ4n) is 3.20. The van der Waals surface area contributed by atoms with Gasteiger partial charge in [-0.15, -0.1) is 0 Å². The number of urea groups is 1. The molecule has 0 atom stereocenters. The molecule has 1 aliphatic rings. The highest BCUT2D eigenvalue weighted by Crippen LogP contribution is 2.19. The van der Waals surface area contributed by atoms with E-state index < -0.39 is 0 Å². The molecule has 1 aliphatic heterocycles. The van der Waals surface area contributed by atoms with Crippen molar-refractivity contribution in [3.8, 4) is 0 Å². The Balaban J connectivity index is 1.45. The van der Waals surface area contributed by atoms with Crippen molar-refractivity contribution in [1.82, 2.24) is 10.2 Å². The van der Waals surface area contributed by atoms with Gasteiger partial charge in [-0.3, -0.25) is 4.79 Å². The maximum absolute atomic E-state index is 12.4. The molecule has 0 bridgehead atoms. The van der Waals surface area contributed by atoms with Crippen LogP contribution in [-0.4, -0.2) is 29.9 Å². The average molecular weight is 351 g/mol. The Morgan fingerprint density at radius 3 is 2.35 bits per heavy atom. The zero-order valence-corrected chi connectivity index (χ0v) is 15.1. The number of nitrogens with zero attached hydrogens (tertiary/aromatic N) is 1. The van der Waals surface area contributed by atoms with E-state index in [1.54, 1.807) is 4.90 Å². The summed E-state index contributed by atoms with van der Waals surface area (Å²) in [5.74, 6) is 0.0520. The van der Waals surface area contributed by atoms with E-state index in [1.165, 1.54) is 5.56 Å². The number of para-hydroxylation sites is 1. The summed E-state index contributed by atoms with van der Waals surface area (Å²) in [6.45, 7) is 3.80. The average Bonchev–Trinajstić information content (AvgIpc) is 2.68. The monoisotopic (exact) mass is 351 g/mol. The molecule has 5 heteroatoms. The first kappa shape index (κ1) is 18.0. The number of piperidine rings is 1. The molecule has 136 valence electrons. The highest BCUT2D eigenvalue weighted by atomic mass is 16.2. The van der Waals surface area contributed by atoms with Crippen molar-refractivity contribution in [3.63, 3.8) is 0 Å². The maximum Gasteiger partial charge on any atom is 0.321 e. The van der Waals surface area contributed by atoms with Gasteiger partial charge in [-0.1, -0.05) is 42.5 Å². The Kier molecular flexibility index (Phi) is 5.89. The van der Waals surface area contributed by atoms with Crippen molar-refractivity contribution in [3.05, 3.63) is 65.7 Å². The van der Waals surface area contributed by atoms with Crippen molar-refractivity contribution < 1.29 is 9.59 Å². The zero-order valence-electron chi connectivity index (χ0n) is 15.1. The number of hydrogen-bond donors (Lipinski definition) is 2. The predicted molar refractivity (Wildman–Crippen MR) is 103 cm³/mol. The van der Waals surface area contributed by atoms with Gasteiger partial charge < -0.3 is 15.5 Å². The van der Waals surface area contributed by atoms with Crippen LogP contribution in [0.1, 0.15) is 24.0 Å². The molecule has 0 aliphatic carbocycles. The third-order valence-electron chi connectivity index (χ3n) is 4.89. The predicted octanol–water partition coefficient (Wildman–Crippen LogP) is 3.56. The largest absolute Gasteiger partial charge is 0.352 e. The van der Waals surface area contributed by atoms with E-state index in [-0.39, 0.29) is 17.9 Å². The van der Waals surface area contributed by atoms with E-state index in [9.17, 15) is 9.59 Å². The lowest BCUT2D eigenvalue weighted by Crippen LogP contribution is -2.44. The third kappa shape index (κ3) is 4.63. The molecule has 2 aromatic carbocycles. The second kappa shape index (κ2) is 8.52. The minimum atomic E-state index is -0.102. The Hall–Kier alpha value is -2.82. The lowest BCUT2D eigenvalue weighted by molar-refractivity contribution is -0.126. The van der Waals surface area contributed by atoms with Crippen LogP contribution in [0.3, 0.4) is 0 Å². The van der Waals surface area contributed by atoms with Crippen molar-refractivity contribution in [2.75, 3.05) is 18.4 Å². The molecule has 1 fully saturated rings. The summed E-state index contributed by atoms with van der Waals surface area (Å²) in [5.41, 5.74) is 3.11. The Morgan fingerprint density at radius 1 is 1.00 bits per heavy atom. The highest BCUT2D eigenvalue weighted by Gasteiger charge is 2.27. The molecule has 0 saturated carbocycles. The fraction of sp³-hybridized carbons (Fsp3) is 0.333. The molecule has 0 spiro atoms. The molecule has 5 nitrogen and oxygen atoms in total. The SMILES string of the molecule is Cc1ccccc1CNC(=O)C1CCN(C(=O)Nc2ccccc2)CC1. The van der Waals surface area contributed by atoms with Crippen LogP contribution < -0.4 is 10.6 Å². The van der Waals surface area contributed by atoms with Crippen LogP contribution in [0.5, 0.6) is 0 Å². The van der Waals surface area contributed by atoms with Crippen LogP contribution in [0.15, 0.2) is 54.6 Å². The summed E-state index contributed by atoms with van der Waals surface area (Å²) in [6.07, 6.45) is 1.39. The van der Waals surface area contributed by atoms with Crippen molar-refractivity contribution >= 4 is 17.6 Å². The number of hydrogen-bond acceptors (Lipinski definition) is 2. The number of amides is 3. The summed E-state index contributed by atoms with van der Waals surface area (Å²) in [5, 5.41) is 5.93. The number of carbonyl (C=O) groups is 2. The third-order valence-corrected chi connectivity index (χ3v) is 4.89. The van der Waals surface area contributed by atoms with Gasteiger partial charge in [0.05, 0.1) is 0 Å². The van der Waals surface area contributed by atoms with Gasteiger partial charge in [0, 0.05) is 31.2 Å². The minimum Gasteiger partial charge on any atom is -0.352 e. The Bertz CT molecular complexity index is 753. The van der Waals surface area contributed by atoms with E-state index in [1.807, 2.05) is 61.5 Å². The van der Waals surface area contributed by atoms with Gasteiger partial charge in [0.15, 0.2) is 0 Å². The number of likely N-dealkylation sites (tertiary alicyclic amines) is 1. The number of nitrogens with one attached hydrogen (secondary N) is 2. The normalized spacial score (nSPS) is 14.7. The number of anilines is 1. The van der Waals surface area contributed by atoms with Gasteiger partial charge in [-0.25, -0.2) is 4.79 Å². The number of carbonyl (C=O) groups excluding carboxylic acids is 2. The molecule has 2 N–H and O–H groups in total. The van der Waals surface area contributed by atoms with E-state index in [4.69, 9.17) is 0 Å². The highest BCUT2D eigenvalue weighted by molar-refractivity contribution is 5.89. The molecular weight excluding hydrogens is 326 g/mol. The molecule has 1 saturated heterocycles. The molecule has 3 rings (SSSR count). The van der Waals surface area contributed by atoms with Crippen LogP contribution in [0.2, 0.25) is 0 Å². The summed E-state index contributed by atoms with van der Waals surface area (Å²) < 4.78 is 0.